The molecule has 0 saturated heterocycles. The maximum Gasteiger partial charge on any atom is 0.0717 e. The van der Waals surface area contributed by atoms with Gasteiger partial charge >= 0.3 is 0 Å². The van der Waals surface area contributed by atoms with E-state index in [1.165, 1.54) is 18.1 Å². The summed E-state index contributed by atoms with van der Waals surface area (Å²) in [5.74, 6) is 0. The van der Waals surface area contributed by atoms with Gasteiger partial charge in [-0.3, -0.25) is 0 Å². The summed E-state index contributed by atoms with van der Waals surface area (Å²) in [7, 11) is 3.47. The summed E-state index contributed by atoms with van der Waals surface area (Å²) in [5, 5.41) is 0. The quantitative estimate of drug-likeness (QED) is 0.598. The van der Waals surface area contributed by atoms with Crippen LogP contribution in [-0.4, -0.2) is 32.7 Å². The molecule has 0 N–H and O–H groups in total. The van der Waals surface area contributed by atoms with Crippen LogP contribution in [0, 0.1) is 0 Å². The molecular formula is C10H25NSi. The highest BCUT2D eigenvalue weighted by atomic mass is 28.3. The van der Waals surface area contributed by atoms with E-state index in [-0.39, 0.29) is 0 Å². The van der Waals surface area contributed by atoms with Crippen LogP contribution in [0.3, 0.4) is 0 Å². The molecule has 1 atom stereocenters. The molecule has 0 aromatic rings. The minimum atomic E-state index is -0.958. The molecular weight excluding hydrogens is 162 g/mol. The maximum atomic E-state index is 2.41. The molecule has 0 saturated carbocycles. The van der Waals surface area contributed by atoms with Crippen molar-refractivity contribution in [1.29, 1.82) is 0 Å². The first-order valence-electron chi connectivity index (χ1n) is 5.20. The minimum Gasteiger partial charge on any atom is -0.309 e. The van der Waals surface area contributed by atoms with Gasteiger partial charge in [-0.25, -0.2) is 0 Å². The second kappa shape index (κ2) is 5.03. The molecule has 0 radical (unpaired) electrons. The van der Waals surface area contributed by atoms with Crippen LogP contribution >= 0.6 is 0 Å². The Morgan fingerprint density at radius 1 is 1.00 bits per heavy atom. The van der Waals surface area contributed by atoms with E-state index in [1.54, 1.807) is 0 Å². The van der Waals surface area contributed by atoms with Crippen LogP contribution in [-0.2, 0) is 0 Å². The van der Waals surface area contributed by atoms with E-state index in [9.17, 15) is 0 Å². The van der Waals surface area contributed by atoms with E-state index in [4.69, 9.17) is 0 Å². The Hall–Kier alpha value is 0.177. The Morgan fingerprint density at radius 3 is 1.42 bits per heavy atom. The van der Waals surface area contributed by atoms with Crippen molar-refractivity contribution in [3.05, 3.63) is 0 Å². The van der Waals surface area contributed by atoms with Crippen LogP contribution in [0.1, 0.15) is 27.7 Å². The molecule has 0 amide bonds. The highest BCUT2D eigenvalue weighted by Crippen LogP contribution is 2.26. The predicted octanol–water partition coefficient (Wildman–Crippen LogP) is 2.98. The van der Waals surface area contributed by atoms with Crippen LogP contribution < -0.4 is 0 Å². The number of rotatable bonds is 5. The molecule has 0 aliphatic rings. The Kier molecular flexibility index (Phi) is 5.10. The van der Waals surface area contributed by atoms with Crippen LogP contribution in [0.5, 0.6) is 0 Å². The van der Waals surface area contributed by atoms with E-state index >= 15 is 0 Å². The average molecular weight is 187 g/mol. The summed E-state index contributed by atoms with van der Waals surface area (Å²) in [4.78, 5) is 2.41. The summed E-state index contributed by atoms with van der Waals surface area (Å²) in [6.45, 7) is 9.53. The van der Waals surface area contributed by atoms with E-state index in [0.29, 0.717) is 0 Å². The maximum absolute atomic E-state index is 2.41. The van der Waals surface area contributed by atoms with E-state index in [2.05, 4.69) is 46.7 Å². The third-order valence-electron chi connectivity index (χ3n) is 3.77. The number of hydrogen-bond donors (Lipinski definition) is 0. The van der Waals surface area contributed by atoms with Gasteiger partial charge in [0.2, 0.25) is 0 Å². The van der Waals surface area contributed by atoms with Crippen molar-refractivity contribution in [3.8, 4) is 0 Å². The highest BCUT2D eigenvalue weighted by Gasteiger charge is 2.34. The summed E-state index contributed by atoms with van der Waals surface area (Å²) in [5.41, 5.74) is 0.831. The van der Waals surface area contributed by atoms with Crippen LogP contribution in [0.2, 0.25) is 18.1 Å². The standard InChI is InChI=1S/C10H25NSi/c1-7-12(8-2,9-3)10(4)11(5)6/h10H,7-9H2,1-6H3. The second-order valence-corrected chi connectivity index (χ2v) is 9.74. The van der Waals surface area contributed by atoms with E-state index in [1.807, 2.05) is 0 Å². The van der Waals surface area contributed by atoms with Crippen LogP contribution in [0.25, 0.3) is 0 Å². The molecule has 2 heteroatoms. The number of nitrogens with zero attached hydrogens (tertiary/aromatic N) is 1. The SMILES string of the molecule is CC[Si](CC)(CC)C(C)N(C)C. The lowest BCUT2D eigenvalue weighted by atomic mass is 10.7. The van der Waals surface area contributed by atoms with Crippen molar-refractivity contribution in [2.45, 2.75) is 51.5 Å². The van der Waals surface area contributed by atoms with Gasteiger partial charge in [-0.2, -0.15) is 0 Å². The minimum absolute atomic E-state index is 0.831. The monoisotopic (exact) mass is 187 g/mol. The Morgan fingerprint density at radius 2 is 1.33 bits per heavy atom. The first-order valence-corrected chi connectivity index (χ1v) is 7.90. The topological polar surface area (TPSA) is 3.24 Å². The van der Waals surface area contributed by atoms with Crippen molar-refractivity contribution < 1.29 is 0 Å². The summed E-state index contributed by atoms with van der Waals surface area (Å²) >= 11 is 0. The smallest absolute Gasteiger partial charge is 0.0717 e. The van der Waals surface area contributed by atoms with Gasteiger partial charge in [-0.05, 0) is 14.1 Å². The third kappa shape index (κ3) is 2.33. The summed E-state index contributed by atoms with van der Waals surface area (Å²) in [6, 6.07) is 4.29. The van der Waals surface area contributed by atoms with Crippen molar-refractivity contribution in [1.82, 2.24) is 4.90 Å². The van der Waals surface area contributed by atoms with Crippen molar-refractivity contribution in [2.75, 3.05) is 14.1 Å². The molecule has 0 aromatic carbocycles. The van der Waals surface area contributed by atoms with Gasteiger partial charge in [0, 0.05) is 5.67 Å². The molecule has 0 aliphatic carbocycles. The Balaban J connectivity index is 4.46. The Labute approximate surface area is 79.2 Å². The van der Waals surface area contributed by atoms with Gasteiger partial charge in [-0.1, -0.05) is 45.8 Å². The molecule has 0 rings (SSSR count). The van der Waals surface area contributed by atoms with Gasteiger partial charge in [0.05, 0.1) is 8.07 Å². The summed E-state index contributed by atoms with van der Waals surface area (Å²) in [6.07, 6.45) is 0. The van der Waals surface area contributed by atoms with Crippen molar-refractivity contribution in [3.63, 3.8) is 0 Å². The predicted molar refractivity (Wildman–Crippen MR) is 60.3 cm³/mol. The van der Waals surface area contributed by atoms with Crippen molar-refractivity contribution in [2.24, 2.45) is 0 Å². The molecule has 1 unspecified atom stereocenters. The third-order valence-corrected chi connectivity index (χ3v) is 10.3. The molecule has 0 fully saturated rings. The van der Waals surface area contributed by atoms with Gasteiger partial charge in [-0.15, -0.1) is 0 Å². The first-order chi connectivity index (χ1) is 5.54. The molecule has 0 spiro atoms. The largest absolute Gasteiger partial charge is 0.309 e. The fourth-order valence-electron chi connectivity index (χ4n) is 2.18. The van der Waals surface area contributed by atoms with Gasteiger partial charge < -0.3 is 4.90 Å². The molecule has 74 valence electrons. The fourth-order valence-corrected chi connectivity index (χ4v) is 6.55. The second-order valence-electron chi connectivity index (χ2n) is 4.06. The normalized spacial score (nSPS) is 15.2. The van der Waals surface area contributed by atoms with Crippen LogP contribution in [0.4, 0.5) is 0 Å². The van der Waals surface area contributed by atoms with Crippen molar-refractivity contribution >= 4 is 8.07 Å². The zero-order chi connectivity index (χ0) is 9.78. The molecule has 1 nitrogen and oxygen atoms in total. The fraction of sp³-hybridized carbons (Fsp3) is 1.00. The lowest BCUT2D eigenvalue weighted by Crippen LogP contribution is -2.51. The van der Waals surface area contributed by atoms with Gasteiger partial charge in [0.15, 0.2) is 0 Å². The summed E-state index contributed by atoms with van der Waals surface area (Å²) < 4.78 is 0. The van der Waals surface area contributed by atoms with E-state index in [0.717, 1.165) is 5.67 Å². The van der Waals surface area contributed by atoms with Crippen LogP contribution in [0.15, 0.2) is 0 Å². The number of hydrogen-bond acceptors (Lipinski definition) is 1. The zero-order valence-electron chi connectivity index (χ0n) is 9.65. The molecule has 0 aromatic heterocycles. The first kappa shape index (κ1) is 12.2. The molecule has 0 bridgehead atoms. The molecule has 12 heavy (non-hydrogen) atoms. The Bertz CT molecular complexity index is 111. The lowest BCUT2D eigenvalue weighted by Gasteiger charge is -2.38. The highest BCUT2D eigenvalue weighted by molar-refractivity contribution is 6.81. The average Bonchev–Trinajstić information content (AvgIpc) is 2.08. The molecule has 0 aliphatic heterocycles. The lowest BCUT2D eigenvalue weighted by molar-refractivity contribution is 0.379. The van der Waals surface area contributed by atoms with Gasteiger partial charge in [0.1, 0.15) is 0 Å². The molecule has 0 heterocycles. The van der Waals surface area contributed by atoms with E-state index < -0.39 is 8.07 Å². The zero-order valence-corrected chi connectivity index (χ0v) is 10.6. The van der Waals surface area contributed by atoms with Gasteiger partial charge in [0.25, 0.3) is 0 Å².